The molecule has 0 spiro atoms. The van der Waals surface area contributed by atoms with Crippen molar-refractivity contribution >= 4 is 22.0 Å². The zero-order valence-corrected chi connectivity index (χ0v) is 21.0. The van der Waals surface area contributed by atoms with E-state index in [0.29, 0.717) is 6.54 Å². The highest BCUT2D eigenvalue weighted by molar-refractivity contribution is 7.87. The number of carboxylic acid groups (broad SMARTS) is 1. The van der Waals surface area contributed by atoms with Crippen LogP contribution in [0.1, 0.15) is 116 Å². The zero-order valence-electron chi connectivity index (χ0n) is 20.2. The van der Waals surface area contributed by atoms with Gasteiger partial charge < -0.3 is 22.7 Å². The minimum Gasteiger partial charge on any atom is -0.480 e. The molecule has 1 atom stereocenters. The molecule has 0 aliphatic carbocycles. The van der Waals surface area contributed by atoms with Gasteiger partial charge in [-0.3, -0.25) is 14.1 Å². The first-order chi connectivity index (χ1) is 14.3. The van der Waals surface area contributed by atoms with Gasteiger partial charge in [0.15, 0.2) is 5.25 Å². The lowest BCUT2D eigenvalue weighted by atomic mass is 10.0. The van der Waals surface area contributed by atoms with Crippen molar-refractivity contribution in [1.29, 1.82) is 0 Å². The molecular weight excluding hydrogens is 434 g/mol. The van der Waals surface area contributed by atoms with Crippen LogP contribution in [0.25, 0.3) is 0 Å². The van der Waals surface area contributed by atoms with E-state index in [1.54, 1.807) is 0 Å². The molecule has 0 aromatic rings. The van der Waals surface area contributed by atoms with Crippen molar-refractivity contribution in [2.45, 2.75) is 121 Å². The highest BCUT2D eigenvalue weighted by atomic mass is 32.2. The third-order valence-electron chi connectivity index (χ3n) is 5.36. The molecule has 0 saturated heterocycles. The molecule has 0 heterocycles. The van der Waals surface area contributed by atoms with Crippen LogP contribution in [0.3, 0.4) is 0 Å². The maximum Gasteiger partial charge on any atom is 0.324 e. The largest absolute Gasteiger partial charge is 0.480 e. The highest BCUT2D eigenvalue weighted by Crippen LogP contribution is 2.13. The third-order valence-corrected chi connectivity index (χ3v) is 6.45. The molecule has 0 aromatic heterocycles. The number of rotatable bonds is 21. The minimum atomic E-state index is -4.78. The molecule has 10 heteroatoms. The highest BCUT2D eigenvalue weighted by Gasteiger charge is 2.33. The molecule has 0 aromatic carbocycles. The SMILES string of the molecule is CCCCCCCCCCCCCCCCCCNC(=O)C[C@H](C(=O)O)S(=O)(=O)O.N.N. The van der Waals surface area contributed by atoms with Crippen molar-refractivity contribution in [1.82, 2.24) is 17.6 Å². The van der Waals surface area contributed by atoms with Gasteiger partial charge in [0.25, 0.3) is 10.1 Å². The van der Waals surface area contributed by atoms with E-state index >= 15 is 0 Å². The standard InChI is InChI=1S/C22H43NO6S.2H3N/c1-2-3-4-5-6-7-8-9-10-11-12-13-14-15-16-17-18-23-21(24)19-20(22(25)26)30(27,28)29;;/h20H,2-19H2,1H3,(H,23,24)(H,25,26)(H,27,28,29);2*1H3/t20-;;/m1../s1. The fourth-order valence-electron chi connectivity index (χ4n) is 3.46. The summed E-state index contributed by atoms with van der Waals surface area (Å²) >= 11 is 0. The van der Waals surface area contributed by atoms with Crippen LogP contribution in [0, 0.1) is 0 Å². The van der Waals surface area contributed by atoms with Crippen molar-refractivity contribution in [2.24, 2.45) is 0 Å². The summed E-state index contributed by atoms with van der Waals surface area (Å²) in [5.74, 6) is -2.41. The molecule has 0 unspecified atom stereocenters. The third kappa shape index (κ3) is 22.0. The van der Waals surface area contributed by atoms with Gasteiger partial charge in [-0.05, 0) is 6.42 Å². The van der Waals surface area contributed by atoms with E-state index in [-0.39, 0.29) is 12.3 Å². The Balaban J connectivity index is -0.00000420. The predicted molar refractivity (Wildman–Crippen MR) is 130 cm³/mol. The summed E-state index contributed by atoms with van der Waals surface area (Å²) < 4.78 is 30.7. The molecule has 0 fully saturated rings. The number of amides is 1. The maximum absolute atomic E-state index is 11.6. The Kier molecular flexibility index (Phi) is 25.4. The number of nitrogens with one attached hydrogen (secondary N) is 1. The number of aliphatic carboxylic acids is 1. The molecule has 9 N–H and O–H groups in total. The lowest BCUT2D eigenvalue weighted by Gasteiger charge is -2.09. The van der Waals surface area contributed by atoms with Gasteiger partial charge in [0.1, 0.15) is 0 Å². The fraction of sp³-hybridized carbons (Fsp3) is 0.909. The van der Waals surface area contributed by atoms with Crippen molar-refractivity contribution in [2.75, 3.05) is 6.54 Å². The second-order valence-corrected chi connectivity index (χ2v) is 9.80. The molecule has 1 amide bonds. The summed E-state index contributed by atoms with van der Waals surface area (Å²) in [6.07, 6.45) is 19.4. The van der Waals surface area contributed by atoms with Crippen LogP contribution in [0.2, 0.25) is 0 Å². The van der Waals surface area contributed by atoms with Crippen molar-refractivity contribution in [3.63, 3.8) is 0 Å². The van der Waals surface area contributed by atoms with Gasteiger partial charge in [-0.15, -0.1) is 0 Å². The molecule has 0 saturated carbocycles. The van der Waals surface area contributed by atoms with Gasteiger partial charge in [-0.25, -0.2) is 0 Å². The number of carboxylic acids is 1. The first-order valence-corrected chi connectivity index (χ1v) is 13.2. The molecule has 194 valence electrons. The number of carbonyl (C=O) groups is 2. The first kappa shape index (κ1) is 35.4. The van der Waals surface area contributed by atoms with Crippen LogP contribution in [-0.4, -0.2) is 41.7 Å². The van der Waals surface area contributed by atoms with E-state index in [4.69, 9.17) is 9.66 Å². The Morgan fingerprint density at radius 3 is 1.38 bits per heavy atom. The van der Waals surface area contributed by atoms with Gasteiger partial charge in [-0.2, -0.15) is 8.42 Å². The van der Waals surface area contributed by atoms with Crippen LogP contribution in [0.5, 0.6) is 0 Å². The molecule has 0 aliphatic heterocycles. The maximum atomic E-state index is 11.6. The summed E-state index contributed by atoms with van der Waals surface area (Å²) in [5.41, 5.74) is 0. The van der Waals surface area contributed by atoms with Gasteiger partial charge in [0.2, 0.25) is 5.91 Å². The minimum absolute atomic E-state index is 0. The van der Waals surface area contributed by atoms with Crippen molar-refractivity contribution < 1.29 is 27.7 Å². The molecule has 9 nitrogen and oxygen atoms in total. The van der Waals surface area contributed by atoms with Gasteiger partial charge in [0, 0.05) is 6.54 Å². The summed E-state index contributed by atoms with van der Waals surface area (Å²) in [6.45, 7) is 2.63. The summed E-state index contributed by atoms with van der Waals surface area (Å²) in [5, 5.41) is 9.16. The second-order valence-electron chi connectivity index (χ2n) is 8.20. The summed E-state index contributed by atoms with van der Waals surface area (Å²) in [7, 11) is -4.78. The smallest absolute Gasteiger partial charge is 0.324 e. The van der Waals surface area contributed by atoms with Crippen LogP contribution in [-0.2, 0) is 19.7 Å². The number of unbranched alkanes of at least 4 members (excludes halogenated alkanes) is 15. The van der Waals surface area contributed by atoms with E-state index in [2.05, 4.69) is 12.2 Å². The molecule has 0 radical (unpaired) electrons. The Hall–Kier alpha value is -1.23. The lowest BCUT2D eigenvalue weighted by Crippen LogP contribution is -2.36. The molecule has 32 heavy (non-hydrogen) atoms. The van der Waals surface area contributed by atoms with Crippen LogP contribution in [0.4, 0.5) is 0 Å². The Labute approximate surface area is 195 Å². The molecule has 0 aliphatic rings. The lowest BCUT2D eigenvalue weighted by molar-refractivity contribution is -0.138. The van der Waals surface area contributed by atoms with Crippen LogP contribution < -0.4 is 17.6 Å². The van der Waals surface area contributed by atoms with E-state index < -0.39 is 33.7 Å². The topological polar surface area (TPSA) is 191 Å². The van der Waals surface area contributed by atoms with Crippen LogP contribution >= 0.6 is 0 Å². The predicted octanol–water partition coefficient (Wildman–Crippen LogP) is 5.42. The fourth-order valence-corrected chi connectivity index (χ4v) is 4.08. The van der Waals surface area contributed by atoms with E-state index in [9.17, 15) is 18.0 Å². The van der Waals surface area contributed by atoms with Crippen molar-refractivity contribution in [3.05, 3.63) is 0 Å². The Bertz CT molecular complexity index is 558. The molecule has 0 bridgehead atoms. The van der Waals surface area contributed by atoms with Crippen LogP contribution in [0.15, 0.2) is 0 Å². The van der Waals surface area contributed by atoms with Crippen molar-refractivity contribution in [3.8, 4) is 0 Å². The monoisotopic (exact) mass is 483 g/mol. The van der Waals surface area contributed by atoms with E-state index in [0.717, 1.165) is 19.3 Å². The Morgan fingerprint density at radius 2 is 1.06 bits per heavy atom. The second kappa shape index (κ2) is 22.9. The molecular formula is C22H49N3O6S. The van der Waals surface area contributed by atoms with Gasteiger partial charge in [-0.1, -0.05) is 103 Å². The van der Waals surface area contributed by atoms with Gasteiger partial charge >= 0.3 is 5.97 Å². The number of carbonyl (C=O) groups excluding carboxylic acids is 1. The average Bonchev–Trinajstić information content (AvgIpc) is 2.67. The van der Waals surface area contributed by atoms with Gasteiger partial charge in [0.05, 0.1) is 6.42 Å². The average molecular weight is 484 g/mol. The molecule has 0 rings (SSSR count). The summed E-state index contributed by atoms with van der Waals surface area (Å²) in [4.78, 5) is 22.4. The summed E-state index contributed by atoms with van der Waals surface area (Å²) in [6, 6.07) is 0. The van der Waals surface area contributed by atoms with E-state index in [1.165, 1.54) is 83.5 Å². The number of hydrogen-bond donors (Lipinski definition) is 5. The number of hydrogen-bond acceptors (Lipinski definition) is 6. The quantitative estimate of drug-likeness (QED) is 0.105. The Morgan fingerprint density at radius 1 is 0.719 bits per heavy atom. The first-order valence-electron chi connectivity index (χ1n) is 11.7. The normalized spacial score (nSPS) is 11.8. The van der Waals surface area contributed by atoms with E-state index in [1.807, 2.05) is 0 Å². The zero-order chi connectivity index (χ0) is 22.7.